The minimum absolute atomic E-state index is 0. The van der Waals surface area contributed by atoms with Crippen LogP contribution >= 0.6 is 35.2 Å². The van der Waals surface area contributed by atoms with Gasteiger partial charge in [0.15, 0.2) is 17.7 Å². The molecule has 57 heavy (non-hydrogen) atoms. The molecule has 0 saturated carbocycles. The number of imidazole rings is 1. The van der Waals surface area contributed by atoms with E-state index >= 15 is 0 Å². The topological polar surface area (TPSA) is 409 Å². The molecule has 0 aromatic carbocycles. The second kappa shape index (κ2) is 21.5. The summed E-state index contributed by atoms with van der Waals surface area (Å²) in [6.07, 6.45) is -7.48. The number of phosphoric acid groups is 3. The number of carboxylic acids is 1. The number of fused-ring (bicyclic) bond motifs is 1. The van der Waals surface area contributed by atoms with Gasteiger partial charge in [-0.3, -0.25) is 37.4 Å². The summed E-state index contributed by atoms with van der Waals surface area (Å²) in [6.45, 7) is 1.33. The molecule has 2 aromatic heterocycles. The van der Waals surface area contributed by atoms with Crippen molar-refractivity contribution in [3.05, 3.63) is 12.7 Å². The fourth-order valence-electron chi connectivity index (χ4n) is 4.81. The number of nitrogens with two attached hydrogens (primary N) is 1. The summed E-state index contributed by atoms with van der Waals surface area (Å²) in [5.74, 6) is -4.02. The van der Waals surface area contributed by atoms with Gasteiger partial charge in [-0.25, -0.2) is 19.3 Å². The smallest absolute Gasteiger partial charge is 0.756 e. The molecule has 3 rings (SSSR count). The number of carbonyl (C=O) groups excluding carboxylic acids is 3. The number of aliphatic carboxylic acids is 1. The SMILES string of the molecule is CCC(C(=O)O)C(=O)SCCNC(=O)CCNC(=O)C(O)C(C)(C)COP(=O)([O-])OP(=O)([O-])OCC1OC(n2cnc3c(N)ncnc32)C(O)C1OP(=O)([O-])O.[Na+]. The Balaban J connectivity index is 0.0000112. The van der Waals surface area contributed by atoms with Gasteiger partial charge < -0.3 is 69.6 Å². The van der Waals surface area contributed by atoms with Gasteiger partial charge in [-0.05, 0) is 6.42 Å². The predicted octanol–water partition coefficient (Wildman–Crippen LogP) is -6.12. The number of nitrogen functional groups attached to an aromatic ring is 1. The van der Waals surface area contributed by atoms with Gasteiger partial charge in [-0.15, -0.1) is 0 Å². The molecule has 9 unspecified atom stereocenters. The van der Waals surface area contributed by atoms with Crippen LogP contribution in [0.5, 0.6) is 0 Å². The van der Waals surface area contributed by atoms with E-state index in [2.05, 4.69) is 43.5 Å². The van der Waals surface area contributed by atoms with E-state index in [-0.39, 0.29) is 78.2 Å². The second-order valence-corrected chi connectivity index (χ2v) is 17.7. The molecule has 2 amide bonds. The number of ether oxygens (including phenoxy) is 1. The zero-order valence-corrected chi connectivity index (χ0v) is 36.1. The fraction of sp³-hybridized carbons (Fsp3) is 0.654. The largest absolute Gasteiger partial charge is 1.00 e. The van der Waals surface area contributed by atoms with Gasteiger partial charge in [0.25, 0.3) is 23.5 Å². The van der Waals surface area contributed by atoms with Crippen molar-refractivity contribution in [3.8, 4) is 0 Å². The molecule has 31 heteroatoms. The minimum Gasteiger partial charge on any atom is -0.756 e. The number of rotatable bonds is 22. The third kappa shape index (κ3) is 15.2. The van der Waals surface area contributed by atoms with E-state index in [4.69, 9.17) is 15.6 Å². The first-order chi connectivity index (χ1) is 25.9. The number of amides is 2. The van der Waals surface area contributed by atoms with Gasteiger partial charge in [0.05, 0.1) is 19.5 Å². The minimum atomic E-state index is -5.92. The van der Waals surface area contributed by atoms with Crippen LogP contribution in [0.2, 0.25) is 0 Å². The van der Waals surface area contributed by atoms with Crippen molar-refractivity contribution in [2.45, 2.75) is 64.3 Å². The number of carbonyl (C=O) groups is 4. The standard InChI is InChI=1S/C26H42N7O19P3S.Na/c1-4-13(24(38)39)25(40)56-8-7-28-15(34)5-6-29-22(37)19(36)26(2,3)10-49-55(46,47)52-54(44,45)48-9-14-18(51-53(41,42)43)17(35)23(50-14)33-12-32-16-20(27)30-11-31-21(16)33;/h11-14,17-19,23,35-36H,4-10H2,1-3H3,(H,28,34)(H,29,37)(H,38,39)(H,44,45)(H,46,47)(H2,27,30,31)(H2,41,42,43);/q;+1/p-3. The molecule has 1 aliphatic heterocycles. The first kappa shape index (κ1) is 51.2. The van der Waals surface area contributed by atoms with Crippen LogP contribution in [0.15, 0.2) is 12.7 Å². The molecule has 316 valence electrons. The Labute approximate surface area is 349 Å². The summed E-state index contributed by atoms with van der Waals surface area (Å²) in [6, 6.07) is 0. The number of thioether (sulfide) groups is 1. The first-order valence-electron chi connectivity index (χ1n) is 16.1. The normalized spacial score (nSPS) is 22.6. The Hall–Kier alpha value is -1.97. The van der Waals surface area contributed by atoms with Crippen LogP contribution in [0.1, 0.15) is 39.8 Å². The van der Waals surface area contributed by atoms with Gasteiger partial charge in [-0.1, -0.05) is 32.5 Å². The molecule has 26 nitrogen and oxygen atoms in total. The average Bonchev–Trinajstić information content (AvgIpc) is 3.64. The number of anilines is 1. The number of hydrogen-bond donors (Lipinski definition) is 7. The molecular formula is C26H39N7NaO19P3S-2. The van der Waals surface area contributed by atoms with Gasteiger partial charge in [0.2, 0.25) is 16.9 Å². The molecule has 1 aliphatic rings. The van der Waals surface area contributed by atoms with Crippen LogP contribution in [-0.2, 0) is 55.5 Å². The Morgan fingerprint density at radius 1 is 1.09 bits per heavy atom. The number of aliphatic hydroxyl groups is 2. The fourth-order valence-corrected chi connectivity index (χ4v) is 8.43. The molecule has 9 atom stereocenters. The molecule has 0 radical (unpaired) electrons. The number of carboxylic acid groups (broad SMARTS) is 1. The van der Waals surface area contributed by atoms with Crippen molar-refractivity contribution < 1.29 is 120 Å². The van der Waals surface area contributed by atoms with E-state index in [1.807, 2.05) is 0 Å². The Morgan fingerprint density at radius 3 is 2.35 bits per heavy atom. The van der Waals surface area contributed by atoms with Crippen LogP contribution in [-0.4, -0.2) is 119 Å². The quantitative estimate of drug-likeness (QED) is 0.0250. The maximum Gasteiger partial charge on any atom is 1.00 e. The van der Waals surface area contributed by atoms with Crippen LogP contribution in [0.3, 0.4) is 0 Å². The van der Waals surface area contributed by atoms with E-state index in [0.717, 1.165) is 29.0 Å². The molecule has 0 spiro atoms. The molecule has 0 aliphatic carbocycles. The van der Waals surface area contributed by atoms with E-state index < -0.39 is 102 Å². The van der Waals surface area contributed by atoms with Gasteiger partial charge in [0.1, 0.15) is 42.2 Å². The third-order valence-corrected chi connectivity index (χ3v) is 11.7. The van der Waals surface area contributed by atoms with Crippen molar-refractivity contribution in [2.75, 3.05) is 37.8 Å². The maximum atomic E-state index is 12.5. The summed E-state index contributed by atoms with van der Waals surface area (Å²) in [4.78, 5) is 105. The summed E-state index contributed by atoms with van der Waals surface area (Å²) in [5.41, 5.74) is 4.04. The van der Waals surface area contributed by atoms with Gasteiger partial charge in [-0.2, -0.15) is 0 Å². The molecule has 2 aromatic rings. The van der Waals surface area contributed by atoms with Gasteiger partial charge >= 0.3 is 35.5 Å². The third-order valence-electron chi connectivity index (χ3n) is 7.72. The number of aliphatic hydroxyl groups excluding tert-OH is 2. The molecule has 8 N–H and O–H groups in total. The summed E-state index contributed by atoms with van der Waals surface area (Å²) in [7, 11) is -17.4. The summed E-state index contributed by atoms with van der Waals surface area (Å²) >= 11 is 0.741. The maximum absolute atomic E-state index is 12.5. The summed E-state index contributed by atoms with van der Waals surface area (Å²) in [5, 5.41) is 34.5. The number of phosphoric ester groups is 3. The Bertz CT molecular complexity index is 1890. The monoisotopic (exact) mass is 901 g/mol. The van der Waals surface area contributed by atoms with Gasteiger partial charge in [0, 0.05) is 30.7 Å². The van der Waals surface area contributed by atoms with E-state index in [0.29, 0.717) is 0 Å². The number of nitrogens with one attached hydrogen (secondary N) is 2. The van der Waals surface area contributed by atoms with Crippen molar-refractivity contribution in [2.24, 2.45) is 11.3 Å². The van der Waals surface area contributed by atoms with E-state index in [1.54, 1.807) is 6.92 Å². The summed E-state index contributed by atoms with van der Waals surface area (Å²) < 4.78 is 60.7. The zero-order chi connectivity index (χ0) is 42.2. The molecule has 1 saturated heterocycles. The Kier molecular flexibility index (Phi) is 19.3. The average molecular weight is 902 g/mol. The zero-order valence-electron chi connectivity index (χ0n) is 30.6. The number of nitrogens with zero attached hydrogens (tertiary/aromatic N) is 4. The molecule has 0 bridgehead atoms. The van der Waals surface area contributed by atoms with Crippen molar-refractivity contribution in [1.82, 2.24) is 30.2 Å². The first-order valence-corrected chi connectivity index (χ1v) is 21.5. The van der Waals surface area contributed by atoms with Crippen LogP contribution in [0.4, 0.5) is 5.82 Å². The molecular weight excluding hydrogens is 862 g/mol. The predicted molar refractivity (Wildman–Crippen MR) is 182 cm³/mol. The Morgan fingerprint density at radius 2 is 1.74 bits per heavy atom. The number of aromatic nitrogens is 4. The van der Waals surface area contributed by atoms with Crippen molar-refractivity contribution in [1.29, 1.82) is 0 Å². The molecule has 3 heterocycles. The van der Waals surface area contributed by atoms with E-state index in [1.165, 1.54) is 13.8 Å². The van der Waals surface area contributed by atoms with E-state index in [9.17, 15) is 62.7 Å². The second-order valence-electron chi connectivity index (χ2n) is 12.5. The van der Waals surface area contributed by atoms with Crippen molar-refractivity contribution >= 4 is 75.1 Å². The van der Waals surface area contributed by atoms with Crippen LogP contribution < -0.4 is 60.6 Å². The molecule has 1 fully saturated rings. The van der Waals surface area contributed by atoms with Crippen LogP contribution in [0.25, 0.3) is 11.2 Å². The van der Waals surface area contributed by atoms with Crippen molar-refractivity contribution in [3.63, 3.8) is 0 Å². The number of hydrogen-bond acceptors (Lipinski definition) is 22. The van der Waals surface area contributed by atoms with Crippen LogP contribution in [0, 0.1) is 11.3 Å².